The highest BCUT2D eigenvalue weighted by atomic mass is 31.1. The molecule has 1 aromatic rings. The lowest BCUT2D eigenvalue weighted by Crippen LogP contribution is -2.46. The summed E-state index contributed by atoms with van der Waals surface area (Å²) >= 11 is 0. The number of amides is 2. The minimum atomic E-state index is -1.24. The normalized spacial score (nSPS) is 16.4. The van der Waals surface area contributed by atoms with Crippen molar-refractivity contribution in [1.82, 2.24) is 20.6 Å². The molecule has 0 radical (unpaired) electrons. The summed E-state index contributed by atoms with van der Waals surface area (Å²) in [7, 11) is 0.361. The number of rotatable bonds is 12. The van der Waals surface area contributed by atoms with E-state index >= 15 is 0 Å². The summed E-state index contributed by atoms with van der Waals surface area (Å²) in [6, 6.07) is 9.68. The van der Waals surface area contributed by atoms with E-state index in [1.165, 1.54) is 58.2 Å². The smallest absolute Gasteiger partial charge is 0.324 e. The van der Waals surface area contributed by atoms with Gasteiger partial charge in [-0.05, 0) is 63.8 Å². The van der Waals surface area contributed by atoms with Crippen molar-refractivity contribution < 1.29 is 44.4 Å². The van der Waals surface area contributed by atoms with Gasteiger partial charge < -0.3 is 36.4 Å². The van der Waals surface area contributed by atoms with Crippen LogP contribution in [0.15, 0.2) is 24.3 Å². The Kier molecular flexibility index (Phi) is 29.0. The largest absolute Gasteiger partial charge is 0.480 e. The molecule has 0 aliphatic carbocycles. The van der Waals surface area contributed by atoms with Gasteiger partial charge in [0.2, 0.25) is 11.7 Å². The molecule has 300 valence electrons. The van der Waals surface area contributed by atoms with E-state index in [-0.39, 0.29) is 17.9 Å². The maximum Gasteiger partial charge on any atom is 0.324 e. The molecule has 1 aromatic carbocycles. The number of hydrogen-bond acceptors (Lipinski definition) is 9. The molecule has 0 bridgehead atoms. The van der Waals surface area contributed by atoms with Crippen LogP contribution in [0.2, 0.25) is 0 Å². The van der Waals surface area contributed by atoms with Gasteiger partial charge in [-0.15, -0.1) is 0 Å². The summed E-state index contributed by atoms with van der Waals surface area (Å²) in [6.07, 6.45) is 7.19. The number of carboxylic acids is 1. The number of ketones is 1. The number of carbonyl (C=O) groups excluding carboxylic acids is 3. The molecule has 4 atom stereocenters. The van der Waals surface area contributed by atoms with E-state index in [1.54, 1.807) is 0 Å². The minimum Gasteiger partial charge on any atom is -0.480 e. The molecule has 0 spiro atoms. The van der Waals surface area contributed by atoms with Crippen LogP contribution in [0.4, 0.5) is 4.79 Å². The van der Waals surface area contributed by atoms with Crippen LogP contribution in [0.1, 0.15) is 106 Å². The number of aliphatic hydroxyl groups is 2. The van der Waals surface area contributed by atoms with Crippen LogP contribution in [-0.4, -0.2) is 97.5 Å². The number of aliphatic hydroxyl groups excluding tert-OH is 2. The van der Waals surface area contributed by atoms with E-state index < -0.39 is 50.0 Å². The Balaban J connectivity index is 0. The molecule has 4 unspecified atom stereocenters. The van der Waals surface area contributed by atoms with Crippen LogP contribution >= 0.6 is 16.3 Å². The zero-order valence-electron chi connectivity index (χ0n) is 33.2. The van der Waals surface area contributed by atoms with Crippen molar-refractivity contribution in [1.29, 1.82) is 0 Å². The van der Waals surface area contributed by atoms with Crippen LogP contribution < -0.4 is 16.0 Å². The predicted molar refractivity (Wildman–Crippen MR) is 215 cm³/mol. The molecule has 7 N–H and O–H groups in total. The number of aliphatic carboxylic acids is 1. The van der Waals surface area contributed by atoms with Crippen LogP contribution in [0.25, 0.3) is 0 Å². The van der Waals surface area contributed by atoms with Crippen LogP contribution in [0.5, 0.6) is 0 Å². The van der Waals surface area contributed by atoms with Gasteiger partial charge in [0.1, 0.15) is 18.8 Å². The maximum absolute atomic E-state index is 12.0. The van der Waals surface area contributed by atoms with Crippen molar-refractivity contribution in [3.8, 4) is 12.2 Å². The first-order valence-electron chi connectivity index (χ1n) is 18.3. The summed E-state index contributed by atoms with van der Waals surface area (Å²) in [4.78, 5) is 54.9. The number of hydrogen-bond donors (Lipinski definition) is 7. The average Bonchev–Trinajstić information content (AvgIpc) is 3.58. The fourth-order valence-corrected chi connectivity index (χ4v) is 7.61. The second kappa shape index (κ2) is 29.9. The van der Waals surface area contributed by atoms with Gasteiger partial charge in [-0.25, -0.2) is 4.79 Å². The van der Waals surface area contributed by atoms with Gasteiger partial charge in [-0.3, -0.25) is 23.8 Å². The molecule has 2 aliphatic heterocycles. The fraction of sp³-hybridized carbons (Fsp3) is 0.632. The first-order chi connectivity index (χ1) is 25.0. The van der Waals surface area contributed by atoms with Gasteiger partial charge in [-0.2, -0.15) is 0 Å². The van der Waals surface area contributed by atoms with Gasteiger partial charge >= 0.3 is 11.7 Å². The van der Waals surface area contributed by atoms with E-state index in [1.807, 2.05) is 63.3 Å². The second-order valence-corrected chi connectivity index (χ2v) is 16.0. The number of nitrogens with zero attached hydrogens (tertiary/aromatic N) is 1. The number of carbonyl (C=O) groups is 5. The number of Topliss-reactive ketones (excluding diaryl/α,β-unsaturated/α-hetero) is 1. The van der Waals surface area contributed by atoms with Gasteiger partial charge in [0.25, 0.3) is 5.91 Å². The Hall–Kier alpha value is -3.55. The first kappa shape index (κ1) is 51.6. The van der Waals surface area contributed by atoms with E-state index in [0.717, 1.165) is 18.9 Å². The van der Waals surface area contributed by atoms with Gasteiger partial charge in [0, 0.05) is 38.9 Å². The number of nitrogens with one attached hydrogen (secondary N) is 3. The lowest BCUT2D eigenvalue weighted by molar-refractivity contribution is -0.141. The van der Waals surface area contributed by atoms with Crippen molar-refractivity contribution >= 4 is 51.4 Å². The second-order valence-electron chi connectivity index (χ2n) is 12.9. The third-order valence-electron chi connectivity index (χ3n) is 7.54. The molecule has 0 aromatic heterocycles. The zero-order chi connectivity index (χ0) is 41.1. The summed E-state index contributed by atoms with van der Waals surface area (Å²) in [6.45, 7) is 20.3. The van der Waals surface area contributed by atoms with Crippen molar-refractivity contribution in [2.45, 2.75) is 131 Å². The van der Waals surface area contributed by atoms with Crippen molar-refractivity contribution in [3.63, 3.8) is 0 Å². The van der Waals surface area contributed by atoms with Crippen molar-refractivity contribution in [2.75, 3.05) is 13.1 Å². The average molecular weight is 783 g/mol. The Morgan fingerprint density at radius 3 is 1.96 bits per heavy atom. The lowest BCUT2D eigenvalue weighted by atomic mass is 10.0. The van der Waals surface area contributed by atoms with Gasteiger partial charge in [0.15, 0.2) is 0 Å². The van der Waals surface area contributed by atoms with Crippen LogP contribution in [-0.2, 0) is 31.5 Å². The predicted octanol–water partition coefficient (Wildman–Crippen LogP) is 6.01. The van der Waals surface area contributed by atoms with E-state index in [9.17, 15) is 29.1 Å². The lowest BCUT2D eigenvalue weighted by Gasteiger charge is -2.30. The standard InChI is InChI=1S/C16H31N2O2P.C9H9O2P.C8H10N2O5.C3H8.C2H6/c1-11(2)14(17-16(20)15(19)12(3)4)10-21-18-9-7-6-8-13(18)5;10-9(11)12-5-7-3-1-2-4-8(7)6-12;1-5(9-2-3-11)7(14)8(15)10-4-6(12)13;1-3-2;1-2/h10-15,19H,6-9H2,1-5H3,(H,17,20);1-4H,5-6H2,(H,10,11);5,9,11H,4H2,1H3,(H,10,15)(H,12,13);3H2,1-2H3;1-2H3. The summed E-state index contributed by atoms with van der Waals surface area (Å²) in [5, 5.41) is 42.1. The third-order valence-corrected chi connectivity index (χ3v) is 10.9. The molecule has 1 fully saturated rings. The molecule has 2 amide bonds. The Morgan fingerprint density at radius 1 is 0.981 bits per heavy atom. The summed E-state index contributed by atoms with van der Waals surface area (Å²) in [5.74, 6) is -0.958. The molecule has 2 heterocycles. The molecule has 2 aliphatic rings. The highest BCUT2D eigenvalue weighted by molar-refractivity contribution is 7.73. The number of carboxylic acid groups (broad SMARTS) is 2. The van der Waals surface area contributed by atoms with Crippen molar-refractivity contribution in [2.24, 2.45) is 11.8 Å². The zero-order valence-corrected chi connectivity index (χ0v) is 35.0. The summed E-state index contributed by atoms with van der Waals surface area (Å²) in [5.41, 5.74) is 1.85. The van der Waals surface area contributed by atoms with E-state index in [0.29, 0.717) is 12.0 Å². The molecule has 53 heavy (non-hydrogen) atoms. The van der Waals surface area contributed by atoms with E-state index in [4.69, 9.17) is 15.3 Å². The highest BCUT2D eigenvalue weighted by Crippen LogP contribution is 2.50. The number of benzene rings is 1. The van der Waals surface area contributed by atoms with Gasteiger partial charge in [-0.1, -0.05) is 92.5 Å². The molecular formula is C38H64N4O9P2. The molecule has 13 nitrogen and oxygen atoms in total. The Bertz CT molecular complexity index is 1320. The quantitative estimate of drug-likeness (QED) is 0.0566. The summed E-state index contributed by atoms with van der Waals surface area (Å²) < 4.78 is 2.45. The Labute approximate surface area is 319 Å². The van der Waals surface area contributed by atoms with Crippen LogP contribution in [0.3, 0.4) is 0 Å². The van der Waals surface area contributed by atoms with Crippen LogP contribution in [0, 0.1) is 24.0 Å². The Morgan fingerprint density at radius 2 is 1.53 bits per heavy atom. The number of fused-ring (bicyclic) bond motifs is 1. The van der Waals surface area contributed by atoms with Crippen molar-refractivity contribution in [3.05, 3.63) is 35.4 Å². The molecule has 1 saturated heterocycles. The SMILES string of the molecule is CC.CC(C)C(C=PN1CCCCC1C)NC(=O)C(O)C(C)C.CC(NC#CO)C(=O)C(=O)NCC(=O)O.CCC.O=C(O)P1Cc2ccccc2C1. The van der Waals surface area contributed by atoms with Gasteiger partial charge in [0.05, 0.1) is 12.1 Å². The fourth-order valence-electron chi connectivity index (χ4n) is 4.45. The molecule has 0 saturated carbocycles. The first-order valence-corrected chi connectivity index (χ1v) is 20.9. The monoisotopic (exact) mass is 782 g/mol. The topological polar surface area (TPSA) is 206 Å². The molecule has 3 rings (SSSR count). The minimum absolute atomic E-state index is 0.00157. The van der Waals surface area contributed by atoms with E-state index in [2.05, 4.69) is 55.7 Å². The maximum atomic E-state index is 12.0. The molecule has 15 heteroatoms. The third kappa shape index (κ3) is 22.3. The number of piperidine rings is 1. The highest BCUT2D eigenvalue weighted by Gasteiger charge is 2.26. The molecular weight excluding hydrogens is 718 g/mol.